The summed E-state index contributed by atoms with van der Waals surface area (Å²) in [6, 6.07) is 12.2. The van der Waals surface area contributed by atoms with Gasteiger partial charge >= 0.3 is 10.3 Å². The fourth-order valence-corrected chi connectivity index (χ4v) is 5.57. The highest BCUT2D eigenvalue weighted by atomic mass is 32.1. The maximum absolute atomic E-state index is 5.63. The summed E-state index contributed by atoms with van der Waals surface area (Å²) in [6.07, 6.45) is 11.8. The Hall–Kier alpha value is -3.50. The molecule has 0 saturated heterocycles. The van der Waals surface area contributed by atoms with Crippen molar-refractivity contribution in [2.45, 2.75) is 44.9 Å². The van der Waals surface area contributed by atoms with E-state index in [1.165, 1.54) is 30.4 Å². The number of aromatic nitrogens is 2. The molecule has 0 aliphatic heterocycles. The molecule has 0 atom stereocenters. The summed E-state index contributed by atoms with van der Waals surface area (Å²) in [5.41, 5.74) is 4.03. The molecule has 220 valence electrons. The fourth-order valence-electron chi connectivity index (χ4n) is 4.21. The van der Waals surface area contributed by atoms with Gasteiger partial charge in [-0.25, -0.2) is 9.13 Å². The van der Waals surface area contributed by atoms with Crippen molar-refractivity contribution in [3.63, 3.8) is 0 Å². The highest BCUT2D eigenvalue weighted by molar-refractivity contribution is 7.13. The monoisotopic (exact) mass is 594 g/mol. The van der Waals surface area contributed by atoms with E-state index in [2.05, 4.69) is 32.6 Å². The van der Waals surface area contributed by atoms with Gasteiger partial charge in [-0.2, -0.15) is 0 Å². The van der Waals surface area contributed by atoms with Crippen LogP contribution >= 0.6 is 22.7 Å². The van der Waals surface area contributed by atoms with Crippen LogP contribution in [-0.4, -0.2) is 14.2 Å². The molecule has 0 amide bonds. The van der Waals surface area contributed by atoms with E-state index in [-0.39, 0.29) is 14.9 Å². The van der Waals surface area contributed by atoms with Gasteiger partial charge in [-0.05, 0) is 81.8 Å². The molecular formula is C31H42N6O2S2. The number of nitrogens with zero attached hydrogens (tertiary/aromatic N) is 6. The summed E-state index contributed by atoms with van der Waals surface area (Å²) in [5, 5.41) is 23.1. The van der Waals surface area contributed by atoms with Crippen LogP contribution in [0.15, 0.2) is 80.0 Å². The average Bonchev–Trinajstić information content (AvgIpc) is 3.57. The molecule has 4 rings (SSSR count). The van der Waals surface area contributed by atoms with Crippen LogP contribution < -0.4 is 18.6 Å². The Bertz CT molecular complexity index is 1310. The van der Waals surface area contributed by atoms with Crippen molar-refractivity contribution in [1.29, 1.82) is 0 Å². The van der Waals surface area contributed by atoms with E-state index < -0.39 is 0 Å². The Morgan fingerprint density at radius 3 is 1.39 bits per heavy atom. The second kappa shape index (κ2) is 17.3. The highest BCUT2D eigenvalue weighted by Gasteiger charge is 2.11. The second-order valence-corrected chi connectivity index (χ2v) is 11.0. The highest BCUT2D eigenvalue weighted by Crippen LogP contribution is 2.29. The largest absolute Gasteiger partial charge is 0.496 e. The first kappa shape index (κ1) is 33.7. The third-order valence-electron chi connectivity index (χ3n) is 6.45. The lowest BCUT2D eigenvalue weighted by atomic mass is 10.0. The first-order valence-corrected chi connectivity index (χ1v) is 14.9. The van der Waals surface area contributed by atoms with Gasteiger partial charge in [0.15, 0.2) is 0 Å². The first-order chi connectivity index (χ1) is 19.1. The van der Waals surface area contributed by atoms with Crippen molar-refractivity contribution < 1.29 is 18.6 Å². The van der Waals surface area contributed by atoms with Gasteiger partial charge in [0.1, 0.15) is 35.3 Å². The van der Waals surface area contributed by atoms with E-state index >= 15 is 0 Å². The first-order valence-electron chi connectivity index (χ1n) is 13.1. The van der Waals surface area contributed by atoms with Crippen LogP contribution in [0.3, 0.4) is 0 Å². The zero-order valence-electron chi connectivity index (χ0n) is 25.0. The fraction of sp³-hybridized carbons (Fsp3) is 0.355. The summed E-state index contributed by atoms with van der Waals surface area (Å²) in [6.45, 7) is 0. The number of thiazole rings is 2. The van der Waals surface area contributed by atoms with Gasteiger partial charge in [0, 0.05) is 22.9 Å². The lowest BCUT2D eigenvalue weighted by Gasteiger charge is -2.09. The second-order valence-electron chi connectivity index (χ2n) is 9.25. The predicted molar refractivity (Wildman–Crippen MR) is 169 cm³/mol. The van der Waals surface area contributed by atoms with Gasteiger partial charge in [-0.1, -0.05) is 31.4 Å². The van der Waals surface area contributed by atoms with Crippen LogP contribution in [0.2, 0.25) is 0 Å². The number of benzene rings is 2. The molecular weight excluding hydrogens is 553 g/mol. The molecule has 0 unspecified atom stereocenters. The summed E-state index contributed by atoms with van der Waals surface area (Å²) in [4.78, 5) is 0. The van der Waals surface area contributed by atoms with Crippen LogP contribution in [0.5, 0.6) is 11.5 Å². The minimum atomic E-state index is 0. The maximum atomic E-state index is 5.63. The topological polar surface area (TPSA) is 75.7 Å². The van der Waals surface area contributed by atoms with Crippen molar-refractivity contribution in [2.75, 3.05) is 14.2 Å². The number of hydrogen-bond acceptors (Lipinski definition) is 8. The zero-order chi connectivity index (χ0) is 27.5. The van der Waals surface area contributed by atoms with Crippen molar-refractivity contribution in [3.05, 3.63) is 85.5 Å². The third kappa shape index (κ3) is 9.82. The van der Waals surface area contributed by atoms with E-state index in [4.69, 9.17) is 9.47 Å². The smallest absolute Gasteiger partial charge is 0.408 e. The van der Waals surface area contributed by atoms with Gasteiger partial charge in [0.2, 0.25) is 0 Å². The molecule has 2 aromatic carbocycles. The summed E-state index contributed by atoms with van der Waals surface area (Å²) in [5.74, 6) is 1.75. The minimum absolute atomic E-state index is 0. The van der Waals surface area contributed by atoms with E-state index in [0.29, 0.717) is 0 Å². The minimum Gasteiger partial charge on any atom is -0.496 e. The van der Waals surface area contributed by atoms with Crippen molar-refractivity contribution >= 4 is 44.3 Å². The van der Waals surface area contributed by atoms with Gasteiger partial charge in [0.05, 0.1) is 38.5 Å². The molecule has 0 fully saturated rings. The van der Waals surface area contributed by atoms with E-state index in [0.717, 1.165) is 58.8 Å². The number of ether oxygens (including phenoxy) is 2. The number of hydrogen-bond donors (Lipinski definition) is 0. The Labute approximate surface area is 253 Å². The molecule has 0 radical (unpaired) electrons. The SMILES string of the molecule is COc1cc(N=Nc2scc[n+]2C)ccc1CCCCCCCc1ccc(N=Nc2scc[n+]2C)cc1OC.[CH3-].[CH3-]. The predicted octanol–water partition coefficient (Wildman–Crippen LogP) is 8.94. The van der Waals surface area contributed by atoms with Gasteiger partial charge in [0.25, 0.3) is 0 Å². The normalized spacial score (nSPS) is 11.0. The standard InChI is InChI=1S/C29H36N6O2S2.2CH3/c1-34-16-18-38-28(34)32-30-24-14-12-22(26(20-24)36-3)10-8-6-5-7-9-11-23-13-15-25(21-27(23)37-4)31-33-29-35(2)17-19-39-29;;/h12-21H,5-11H2,1-4H3;2*1H3/q+2;2*-1. The molecule has 2 heterocycles. The van der Waals surface area contributed by atoms with Crippen LogP contribution in [-0.2, 0) is 26.9 Å². The molecule has 0 spiro atoms. The molecule has 0 saturated carbocycles. The van der Waals surface area contributed by atoms with Crippen LogP contribution in [0.4, 0.5) is 21.6 Å². The van der Waals surface area contributed by atoms with E-state index in [9.17, 15) is 0 Å². The van der Waals surface area contributed by atoms with Crippen molar-refractivity contribution in [1.82, 2.24) is 0 Å². The Balaban J connectivity index is 0.00000294. The number of methoxy groups -OCH3 is 2. The van der Waals surface area contributed by atoms with E-state index in [1.807, 2.05) is 70.6 Å². The van der Waals surface area contributed by atoms with Gasteiger partial charge in [-0.15, -0.1) is 0 Å². The molecule has 0 N–H and O–H groups in total. The number of aryl methyl sites for hydroxylation is 4. The van der Waals surface area contributed by atoms with Crippen LogP contribution in [0, 0.1) is 14.9 Å². The molecule has 41 heavy (non-hydrogen) atoms. The van der Waals surface area contributed by atoms with Crippen molar-refractivity contribution in [2.24, 2.45) is 34.6 Å². The molecule has 8 nitrogen and oxygen atoms in total. The van der Waals surface area contributed by atoms with Crippen LogP contribution in [0.25, 0.3) is 0 Å². The summed E-state index contributed by atoms with van der Waals surface area (Å²) < 4.78 is 15.2. The summed E-state index contributed by atoms with van der Waals surface area (Å²) in [7, 11) is 7.35. The van der Waals surface area contributed by atoms with Gasteiger partial charge < -0.3 is 24.3 Å². The summed E-state index contributed by atoms with van der Waals surface area (Å²) >= 11 is 3.12. The van der Waals surface area contributed by atoms with Gasteiger partial charge in [-0.3, -0.25) is 0 Å². The van der Waals surface area contributed by atoms with E-state index in [1.54, 1.807) is 36.9 Å². The molecule has 2 aromatic heterocycles. The number of unbranched alkanes of at least 4 members (excludes halogenated alkanes) is 4. The lowest BCUT2D eigenvalue weighted by Crippen LogP contribution is -2.23. The molecule has 10 heteroatoms. The molecule has 0 aliphatic rings. The number of rotatable bonds is 14. The third-order valence-corrected chi connectivity index (χ3v) is 8.13. The molecule has 4 aromatic rings. The van der Waals surface area contributed by atoms with Crippen molar-refractivity contribution in [3.8, 4) is 11.5 Å². The zero-order valence-corrected chi connectivity index (χ0v) is 26.7. The maximum Gasteiger partial charge on any atom is 0.408 e. The lowest BCUT2D eigenvalue weighted by molar-refractivity contribution is -0.654. The van der Waals surface area contributed by atoms with Crippen LogP contribution in [0.1, 0.15) is 43.2 Å². The Morgan fingerprint density at radius 1 is 0.610 bits per heavy atom. The quantitative estimate of drug-likeness (QED) is 0.0632. The number of azo groups is 2. The Morgan fingerprint density at radius 2 is 1.02 bits per heavy atom. The Kier molecular flexibility index (Phi) is 14.3. The molecule has 0 bridgehead atoms. The molecule has 0 aliphatic carbocycles. The average molecular weight is 595 g/mol.